The lowest BCUT2D eigenvalue weighted by molar-refractivity contribution is -0.0446. The van der Waals surface area contributed by atoms with Gasteiger partial charge in [0.25, 0.3) is 0 Å². The fourth-order valence-corrected chi connectivity index (χ4v) is 1.74. The summed E-state index contributed by atoms with van der Waals surface area (Å²) in [6.07, 6.45) is 0.450. The highest BCUT2D eigenvalue weighted by Crippen LogP contribution is 2.26. The Balaban J connectivity index is 2.12. The molecule has 0 aliphatic carbocycles. The van der Waals surface area contributed by atoms with Gasteiger partial charge >= 0.3 is 0 Å². The Kier molecular flexibility index (Phi) is 3.77. The van der Waals surface area contributed by atoms with Gasteiger partial charge in [-0.2, -0.15) is 0 Å². The first-order chi connectivity index (χ1) is 7.92. The smallest absolute Gasteiger partial charge is 0.184 e. The Morgan fingerprint density at radius 3 is 2.81 bits per heavy atom. The average molecular weight is 219 g/mol. The second-order valence-corrected chi connectivity index (χ2v) is 3.48. The second kappa shape index (κ2) is 5.51. The first-order valence-electron chi connectivity index (χ1n) is 5.23. The topological polar surface area (TPSA) is 67.2 Å². The Bertz CT molecular complexity index is 396. The van der Waals surface area contributed by atoms with Gasteiger partial charge in [0.15, 0.2) is 6.29 Å². The summed E-state index contributed by atoms with van der Waals surface area (Å²) in [5, 5.41) is 3.53. The largest absolute Gasteiger partial charge is 0.346 e. The number of hydrogen-bond acceptors (Lipinski definition) is 3. The summed E-state index contributed by atoms with van der Waals surface area (Å²) in [6.45, 7) is 1.73. The van der Waals surface area contributed by atoms with Gasteiger partial charge in [0.2, 0.25) is 0 Å². The van der Waals surface area contributed by atoms with E-state index in [4.69, 9.17) is 15.0 Å². The summed E-state index contributed by atoms with van der Waals surface area (Å²) in [6, 6.07) is 7.91. The van der Waals surface area contributed by atoms with Crippen LogP contribution in [-0.4, -0.2) is 19.8 Å². The van der Waals surface area contributed by atoms with Crippen LogP contribution in [0.1, 0.15) is 17.4 Å². The molecule has 0 saturated carbocycles. The molecule has 2 rings (SSSR count). The van der Waals surface area contributed by atoms with Gasteiger partial charge in [-0.15, -0.1) is 0 Å². The van der Waals surface area contributed by atoms with Crippen LogP contribution in [0.25, 0.3) is 10.4 Å². The highest BCUT2D eigenvalue weighted by atomic mass is 16.7. The predicted molar refractivity (Wildman–Crippen MR) is 58.8 cm³/mol. The van der Waals surface area contributed by atoms with E-state index < -0.39 is 0 Å². The summed E-state index contributed by atoms with van der Waals surface area (Å²) < 4.78 is 10.9. The Hall–Kier alpha value is -1.55. The molecule has 1 aromatic carbocycles. The molecule has 1 fully saturated rings. The highest BCUT2D eigenvalue weighted by Gasteiger charge is 2.20. The summed E-state index contributed by atoms with van der Waals surface area (Å²) in [4.78, 5) is 2.74. The molecule has 0 unspecified atom stereocenters. The average Bonchev–Trinajstić information content (AvgIpc) is 2.83. The van der Waals surface area contributed by atoms with E-state index in [0.717, 1.165) is 11.1 Å². The monoisotopic (exact) mass is 219 g/mol. The third kappa shape index (κ3) is 2.52. The van der Waals surface area contributed by atoms with E-state index in [1.165, 1.54) is 0 Å². The molecule has 0 bridgehead atoms. The lowest BCUT2D eigenvalue weighted by Crippen LogP contribution is -2.03. The predicted octanol–water partition coefficient (Wildman–Crippen LogP) is 2.58. The van der Waals surface area contributed by atoms with Crippen LogP contribution in [0.2, 0.25) is 0 Å². The van der Waals surface area contributed by atoms with Crippen molar-refractivity contribution < 1.29 is 9.47 Å². The van der Waals surface area contributed by atoms with Crippen molar-refractivity contribution >= 4 is 0 Å². The molecule has 5 heteroatoms. The van der Waals surface area contributed by atoms with Crippen LogP contribution < -0.4 is 0 Å². The van der Waals surface area contributed by atoms with Gasteiger partial charge in [0.05, 0.1) is 13.2 Å². The van der Waals surface area contributed by atoms with Crippen molar-refractivity contribution in [2.45, 2.75) is 12.7 Å². The SMILES string of the molecule is [N-]=[N+]=NCCc1ccccc1C1OCCO1. The molecule has 1 heterocycles. The molecule has 0 atom stereocenters. The van der Waals surface area contributed by atoms with E-state index in [1.807, 2.05) is 24.3 Å². The summed E-state index contributed by atoms with van der Waals surface area (Å²) in [5.41, 5.74) is 10.4. The van der Waals surface area contributed by atoms with Gasteiger partial charge < -0.3 is 9.47 Å². The van der Waals surface area contributed by atoms with Crippen molar-refractivity contribution in [3.05, 3.63) is 45.8 Å². The number of hydrogen-bond donors (Lipinski definition) is 0. The maximum Gasteiger partial charge on any atom is 0.184 e. The van der Waals surface area contributed by atoms with E-state index >= 15 is 0 Å². The summed E-state index contributed by atoms with van der Waals surface area (Å²) >= 11 is 0. The van der Waals surface area contributed by atoms with Gasteiger partial charge in [-0.1, -0.05) is 29.4 Å². The molecular formula is C11H13N3O2. The van der Waals surface area contributed by atoms with Crippen LogP contribution in [0.5, 0.6) is 0 Å². The molecule has 1 aromatic rings. The Labute approximate surface area is 93.6 Å². The minimum absolute atomic E-state index is 0.262. The van der Waals surface area contributed by atoms with Gasteiger partial charge in [-0.3, -0.25) is 0 Å². The fraction of sp³-hybridized carbons (Fsp3) is 0.455. The Morgan fingerprint density at radius 2 is 2.06 bits per heavy atom. The molecular weight excluding hydrogens is 206 g/mol. The van der Waals surface area contributed by atoms with Crippen LogP contribution in [0.15, 0.2) is 29.4 Å². The van der Waals surface area contributed by atoms with Gasteiger partial charge in [-0.05, 0) is 17.5 Å². The van der Waals surface area contributed by atoms with Crippen molar-refractivity contribution in [2.24, 2.45) is 5.11 Å². The third-order valence-corrected chi connectivity index (χ3v) is 2.48. The maximum absolute atomic E-state index is 8.23. The molecule has 1 saturated heterocycles. The molecule has 0 radical (unpaired) electrons. The minimum Gasteiger partial charge on any atom is -0.346 e. The van der Waals surface area contributed by atoms with Crippen LogP contribution >= 0.6 is 0 Å². The van der Waals surface area contributed by atoms with E-state index in [-0.39, 0.29) is 6.29 Å². The van der Waals surface area contributed by atoms with Gasteiger partial charge in [-0.25, -0.2) is 0 Å². The van der Waals surface area contributed by atoms with Crippen molar-refractivity contribution in [2.75, 3.05) is 19.8 Å². The number of benzene rings is 1. The van der Waals surface area contributed by atoms with Crippen LogP contribution in [0, 0.1) is 0 Å². The number of azide groups is 1. The molecule has 0 N–H and O–H groups in total. The minimum atomic E-state index is -0.262. The Morgan fingerprint density at radius 1 is 1.31 bits per heavy atom. The fourth-order valence-electron chi connectivity index (χ4n) is 1.74. The maximum atomic E-state index is 8.23. The molecule has 0 aromatic heterocycles. The first-order valence-corrected chi connectivity index (χ1v) is 5.23. The number of nitrogens with zero attached hydrogens (tertiary/aromatic N) is 3. The zero-order valence-electron chi connectivity index (χ0n) is 8.87. The number of rotatable bonds is 4. The molecule has 1 aliphatic heterocycles. The van der Waals surface area contributed by atoms with E-state index in [1.54, 1.807) is 0 Å². The molecule has 0 amide bonds. The van der Waals surface area contributed by atoms with Crippen LogP contribution in [0.4, 0.5) is 0 Å². The second-order valence-electron chi connectivity index (χ2n) is 3.48. The normalized spacial score (nSPS) is 16.0. The standard InChI is InChI=1S/C11H13N3O2/c12-14-13-6-5-9-3-1-2-4-10(9)11-15-7-8-16-11/h1-4,11H,5-8H2. The van der Waals surface area contributed by atoms with Crippen molar-refractivity contribution in [3.63, 3.8) is 0 Å². The zero-order valence-corrected chi connectivity index (χ0v) is 8.87. The third-order valence-electron chi connectivity index (χ3n) is 2.48. The molecule has 0 spiro atoms. The molecule has 5 nitrogen and oxygen atoms in total. The first kappa shape index (κ1) is 11.0. The summed E-state index contributed by atoms with van der Waals surface area (Å²) in [5.74, 6) is 0. The zero-order chi connectivity index (χ0) is 11.2. The highest BCUT2D eigenvalue weighted by molar-refractivity contribution is 5.28. The van der Waals surface area contributed by atoms with Crippen molar-refractivity contribution in [1.82, 2.24) is 0 Å². The molecule has 84 valence electrons. The summed E-state index contributed by atoms with van der Waals surface area (Å²) in [7, 11) is 0. The van der Waals surface area contributed by atoms with Crippen LogP contribution in [-0.2, 0) is 15.9 Å². The lowest BCUT2D eigenvalue weighted by atomic mass is 10.0. The van der Waals surface area contributed by atoms with Gasteiger partial charge in [0.1, 0.15) is 0 Å². The van der Waals surface area contributed by atoms with Gasteiger partial charge in [0, 0.05) is 17.0 Å². The molecule has 1 aliphatic rings. The lowest BCUT2D eigenvalue weighted by Gasteiger charge is -2.13. The van der Waals surface area contributed by atoms with Crippen molar-refractivity contribution in [1.29, 1.82) is 0 Å². The molecule has 16 heavy (non-hydrogen) atoms. The van der Waals surface area contributed by atoms with E-state index in [2.05, 4.69) is 10.0 Å². The number of ether oxygens (including phenoxy) is 2. The van der Waals surface area contributed by atoms with E-state index in [0.29, 0.717) is 26.2 Å². The van der Waals surface area contributed by atoms with Crippen LogP contribution in [0.3, 0.4) is 0 Å². The van der Waals surface area contributed by atoms with Crippen molar-refractivity contribution in [3.8, 4) is 0 Å². The quantitative estimate of drug-likeness (QED) is 0.443. The van der Waals surface area contributed by atoms with E-state index in [9.17, 15) is 0 Å².